The number of phosphoric acid groups is 1. The molecule has 0 aliphatic rings. The third-order valence-corrected chi connectivity index (χ3v) is 11.3. The maximum Gasteiger partial charge on any atom is 0.472 e. The molecule has 65 heavy (non-hydrogen) atoms. The monoisotopic (exact) mass is 927 g/mol. The van der Waals surface area contributed by atoms with Gasteiger partial charge in [-0.05, 0) is 96.3 Å². The molecule has 0 fully saturated rings. The number of unbranched alkanes of at least 4 members (excludes halogenated alkanes) is 14. The molecule has 2 unspecified atom stereocenters. The molecule has 372 valence electrons. The second kappa shape index (κ2) is 47.6. The summed E-state index contributed by atoms with van der Waals surface area (Å²) < 4.78 is 35.1. The lowest BCUT2D eigenvalue weighted by Crippen LogP contribution is -2.37. The average molecular weight is 927 g/mol. The second-order valence-electron chi connectivity index (χ2n) is 17.8. The molecule has 9 heteroatoms. The molecule has 0 rings (SSSR count). The van der Waals surface area contributed by atoms with Gasteiger partial charge < -0.3 is 18.9 Å². The normalized spacial score (nSPS) is 14.5. The summed E-state index contributed by atoms with van der Waals surface area (Å²) in [6, 6.07) is 0. The molecule has 0 aliphatic heterocycles. The Kier molecular flexibility index (Phi) is 45.6. The minimum absolute atomic E-state index is 0.0750. The zero-order valence-electron chi connectivity index (χ0n) is 42.2. The van der Waals surface area contributed by atoms with Gasteiger partial charge in [-0.15, -0.1) is 0 Å². The zero-order chi connectivity index (χ0) is 47.6. The topological polar surface area (TPSA) is 91.3 Å². The Morgan fingerprint density at radius 3 is 1.26 bits per heavy atom. The summed E-state index contributed by atoms with van der Waals surface area (Å²) in [5, 5.41) is 0. The van der Waals surface area contributed by atoms with Crippen LogP contribution in [0.15, 0.2) is 109 Å². The molecule has 0 aliphatic carbocycles. The van der Waals surface area contributed by atoms with Crippen molar-refractivity contribution in [3.8, 4) is 0 Å². The van der Waals surface area contributed by atoms with Crippen molar-refractivity contribution in [3.05, 3.63) is 109 Å². The highest BCUT2D eigenvalue weighted by atomic mass is 31.2. The minimum atomic E-state index is -4.30. The zero-order valence-corrected chi connectivity index (χ0v) is 43.1. The molecule has 1 N–H and O–H groups in total. The first kappa shape index (κ1) is 62.2. The number of phosphoric ester groups is 1. The molecule has 0 bridgehead atoms. The van der Waals surface area contributed by atoms with E-state index in [0.29, 0.717) is 17.6 Å². The fourth-order valence-electron chi connectivity index (χ4n) is 6.45. The summed E-state index contributed by atoms with van der Waals surface area (Å²) in [6.07, 6.45) is 67.1. The molecule has 8 nitrogen and oxygen atoms in total. The van der Waals surface area contributed by atoms with Crippen LogP contribution in [-0.2, 0) is 27.9 Å². The van der Waals surface area contributed by atoms with Gasteiger partial charge in [-0.25, -0.2) is 4.57 Å². The number of allylic oxidation sites excluding steroid dienone is 18. The van der Waals surface area contributed by atoms with E-state index in [1.807, 2.05) is 21.1 Å². The second-order valence-corrected chi connectivity index (χ2v) is 19.2. The van der Waals surface area contributed by atoms with E-state index in [1.165, 1.54) is 64.2 Å². The molecule has 0 aromatic carbocycles. The molecule has 0 aromatic heterocycles. The van der Waals surface area contributed by atoms with Gasteiger partial charge >= 0.3 is 13.8 Å². The van der Waals surface area contributed by atoms with Crippen molar-refractivity contribution in [1.82, 2.24) is 0 Å². The predicted octanol–water partition coefficient (Wildman–Crippen LogP) is 15.9. The molecule has 0 aromatic rings. The number of esters is 1. The molecule has 0 heterocycles. The van der Waals surface area contributed by atoms with E-state index in [4.69, 9.17) is 18.5 Å². The highest BCUT2D eigenvalue weighted by Crippen LogP contribution is 2.43. The van der Waals surface area contributed by atoms with Crippen molar-refractivity contribution in [2.45, 2.75) is 187 Å². The quantitative estimate of drug-likeness (QED) is 0.0214. The van der Waals surface area contributed by atoms with E-state index in [9.17, 15) is 14.3 Å². The standard InChI is InChI=1S/C56H96NO7P/c1-6-8-10-12-14-16-18-20-22-24-26-27-28-29-30-32-34-36-38-40-42-44-46-48-51-61-53-55(54-63-65(59,60)62-52-50-57(3,4)5)64-56(58)49-47-45-43-41-39-37-35-33-31-25-23-21-19-17-15-13-11-9-7-2/h8-11,14-17,20-23,26-27,31,33,37,39,55H,6-7,12-13,18-19,24-25,28-30,32,34-36,38,40-54H2,1-5H3/p+1/b10-8-,11-9-,16-14-,17-15-,22-20-,23-21-,27-26-,33-31-,39-37-. The number of quaternary nitrogens is 1. The van der Waals surface area contributed by atoms with Gasteiger partial charge in [0.25, 0.3) is 0 Å². The number of nitrogens with zero attached hydrogens (tertiary/aromatic N) is 1. The summed E-state index contributed by atoms with van der Waals surface area (Å²) >= 11 is 0. The number of hydrogen-bond donors (Lipinski definition) is 1. The largest absolute Gasteiger partial charge is 0.472 e. The first-order chi connectivity index (χ1) is 31.6. The van der Waals surface area contributed by atoms with Gasteiger partial charge in [0.05, 0.1) is 34.4 Å². The fraction of sp³-hybridized carbons (Fsp3) is 0.661. The molecule has 0 saturated carbocycles. The van der Waals surface area contributed by atoms with Gasteiger partial charge in [0.15, 0.2) is 0 Å². The maximum atomic E-state index is 12.8. The summed E-state index contributed by atoms with van der Waals surface area (Å²) in [4.78, 5) is 23.0. The number of likely N-dealkylation sites (N-methyl/N-ethyl adjacent to an activating group) is 1. The van der Waals surface area contributed by atoms with Crippen LogP contribution in [0.3, 0.4) is 0 Å². The van der Waals surface area contributed by atoms with Crippen LogP contribution in [0.2, 0.25) is 0 Å². The van der Waals surface area contributed by atoms with E-state index in [0.717, 1.165) is 96.3 Å². The first-order valence-corrected chi connectivity index (χ1v) is 27.1. The lowest BCUT2D eigenvalue weighted by molar-refractivity contribution is -0.870. The summed E-state index contributed by atoms with van der Waals surface area (Å²) in [6.45, 7) is 5.32. The van der Waals surface area contributed by atoms with E-state index >= 15 is 0 Å². The summed E-state index contributed by atoms with van der Waals surface area (Å²) in [7, 11) is 1.63. The Morgan fingerprint density at radius 2 is 0.846 bits per heavy atom. The number of hydrogen-bond acceptors (Lipinski definition) is 6. The molecule has 0 saturated heterocycles. The van der Waals surface area contributed by atoms with E-state index < -0.39 is 13.9 Å². The Morgan fingerprint density at radius 1 is 0.477 bits per heavy atom. The highest BCUT2D eigenvalue weighted by Gasteiger charge is 2.26. The fourth-order valence-corrected chi connectivity index (χ4v) is 7.19. The van der Waals surface area contributed by atoms with Crippen LogP contribution in [-0.4, -0.2) is 75.6 Å². The van der Waals surface area contributed by atoms with Crippen molar-refractivity contribution in [3.63, 3.8) is 0 Å². The van der Waals surface area contributed by atoms with Crippen LogP contribution in [0.25, 0.3) is 0 Å². The van der Waals surface area contributed by atoms with Gasteiger partial charge in [0.1, 0.15) is 19.3 Å². The van der Waals surface area contributed by atoms with Gasteiger partial charge in [0, 0.05) is 13.0 Å². The highest BCUT2D eigenvalue weighted by molar-refractivity contribution is 7.47. The third kappa shape index (κ3) is 52.0. The minimum Gasteiger partial charge on any atom is -0.457 e. The Hall–Kier alpha value is -2.84. The van der Waals surface area contributed by atoms with Crippen LogP contribution >= 0.6 is 7.82 Å². The van der Waals surface area contributed by atoms with Crippen LogP contribution in [0.5, 0.6) is 0 Å². The average Bonchev–Trinajstić information content (AvgIpc) is 3.27. The molecular formula is C56H97NO7P+. The summed E-state index contributed by atoms with van der Waals surface area (Å²) in [5.41, 5.74) is 0. The van der Waals surface area contributed by atoms with Crippen LogP contribution in [0, 0.1) is 0 Å². The van der Waals surface area contributed by atoms with Crippen molar-refractivity contribution in [2.24, 2.45) is 0 Å². The van der Waals surface area contributed by atoms with Crippen LogP contribution in [0.4, 0.5) is 0 Å². The summed E-state index contributed by atoms with van der Waals surface area (Å²) in [5.74, 6) is -0.349. The van der Waals surface area contributed by atoms with Gasteiger partial charge in [0.2, 0.25) is 0 Å². The Labute approximate surface area is 400 Å². The number of ether oxygens (including phenoxy) is 2. The molecule has 2 atom stereocenters. The van der Waals surface area contributed by atoms with Crippen molar-refractivity contribution >= 4 is 13.8 Å². The van der Waals surface area contributed by atoms with Gasteiger partial charge in [-0.3, -0.25) is 13.8 Å². The van der Waals surface area contributed by atoms with Gasteiger partial charge in [-0.2, -0.15) is 0 Å². The smallest absolute Gasteiger partial charge is 0.457 e. The lowest BCUT2D eigenvalue weighted by atomic mass is 10.1. The maximum absolute atomic E-state index is 12.8. The first-order valence-electron chi connectivity index (χ1n) is 25.6. The van der Waals surface area contributed by atoms with Crippen molar-refractivity contribution < 1.29 is 37.3 Å². The van der Waals surface area contributed by atoms with E-state index in [1.54, 1.807) is 0 Å². The van der Waals surface area contributed by atoms with Crippen molar-refractivity contribution in [1.29, 1.82) is 0 Å². The Balaban J connectivity index is 4.22. The number of carbonyl (C=O) groups is 1. The van der Waals surface area contributed by atoms with E-state index in [2.05, 4.69) is 123 Å². The van der Waals surface area contributed by atoms with Crippen LogP contribution in [0.1, 0.15) is 181 Å². The SMILES string of the molecule is CC/C=C\C/C=C\C/C=C\C/C=C\C/C=C\CCCCCC(=O)OC(COCCCCCCCCCCCCC/C=C\C/C=C\C/C=C\C/C=C\CC)COP(=O)(O)OCC[N+](C)(C)C. The van der Waals surface area contributed by atoms with Gasteiger partial charge in [-0.1, -0.05) is 187 Å². The number of carbonyl (C=O) groups excluding carboxylic acids is 1. The third-order valence-electron chi connectivity index (χ3n) is 10.3. The molecule has 0 amide bonds. The van der Waals surface area contributed by atoms with Crippen LogP contribution < -0.4 is 0 Å². The predicted molar refractivity (Wildman–Crippen MR) is 279 cm³/mol. The van der Waals surface area contributed by atoms with E-state index in [-0.39, 0.29) is 32.2 Å². The Bertz CT molecular complexity index is 1400. The molecular weight excluding hydrogens is 830 g/mol. The molecule has 0 spiro atoms. The lowest BCUT2D eigenvalue weighted by Gasteiger charge is -2.24. The molecule has 0 radical (unpaired) electrons. The number of rotatable bonds is 46. The van der Waals surface area contributed by atoms with Crippen molar-refractivity contribution in [2.75, 3.05) is 54.1 Å².